The summed E-state index contributed by atoms with van der Waals surface area (Å²) in [7, 11) is 3.90. The molecule has 5 fully saturated rings. The fourth-order valence-electron chi connectivity index (χ4n) is 14.6. The second kappa shape index (κ2) is 20.3. The van der Waals surface area contributed by atoms with E-state index in [2.05, 4.69) is 44.1 Å². The number of terminal acetylenes is 1. The normalized spacial score (nSPS) is 23.3. The largest absolute Gasteiger partial charge is 0.461 e. The van der Waals surface area contributed by atoms with Gasteiger partial charge in [0.2, 0.25) is 11.8 Å². The van der Waals surface area contributed by atoms with Crippen LogP contribution in [0.4, 0.5) is 25.1 Å². The Morgan fingerprint density at radius 1 is 0.889 bits per heavy atom. The van der Waals surface area contributed by atoms with Crippen molar-refractivity contribution < 1.29 is 37.4 Å². The van der Waals surface area contributed by atoms with Crippen molar-refractivity contribution in [3.63, 3.8) is 0 Å². The molecule has 11 heterocycles. The Morgan fingerprint density at radius 3 is 2.60 bits per heavy atom. The number of imide groups is 1. The van der Waals surface area contributed by atoms with Crippen LogP contribution in [-0.4, -0.2) is 139 Å². The molecule has 1 unspecified atom stereocenters. The molecule has 0 saturated carbocycles. The quantitative estimate of drug-likeness (QED) is 0.110. The number of benzene rings is 3. The monoisotopic (exact) mass is 1100 g/mol. The second-order valence-electron chi connectivity index (χ2n) is 23.2. The smallest absolute Gasteiger partial charge is 0.410 e. The second-order valence-corrected chi connectivity index (χ2v) is 23.2. The van der Waals surface area contributed by atoms with E-state index in [0.29, 0.717) is 104 Å². The van der Waals surface area contributed by atoms with Crippen molar-refractivity contribution >= 4 is 62.0 Å². The van der Waals surface area contributed by atoms with E-state index in [4.69, 9.17) is 45.8 Å². The summed E-state index contributed by atoms with van der Waals surface area (Å²) in [4.78, 5) is 62.5. The van der Waals surface area contributed by atoms with Gasteiger partial charge in [-0.25, -0.2) is 18.6 Å². The Kier molecular flexibility index (Phi) is 12.9. The third-order valence-corrected chi connectivity index (χ3v) is 18.8. The van der Waals surface area contributed by atoms with Crippen LogP contribution in [0.5, 0.6) is 6.01 Å². The molecule has 14 rings (SSSR count). The molecule has 0 bridgehead atoms. The number of fused-ring (bicyclic) bond motifs is 6. The topological polar surface area (TPSA) is 178 Å². The summed E-state index contributed by atoms with van der Waals surface area (Å²) < 4.78 is 55.6. The molecule has 5 saturated heterocycles. The van der Waals surface area contributed by atoms with E-state index < -0.39 is 17.6 Å². The Hall–Kier alpha value is -7.76. The van der Waals surface area contributed by atoms with Crippen LogP contribution in [0.3, 0.4) is 0 Å². The molecule has 4 aromatic heterocycles. The van der Waals surface area contributed by atoms with Gasteiger partial charge in [0.25, 0.3) is 0 Å². The molecular weight excluding hydrogens is 1030 g/mol. The highest BCUT2D eigenvalue weighted by Gasteiger charge is 2.50. The summed E-state index contributed by atoms with van der Waals surface area (Å²) in [6, 6.07) is 14.7. The van der Waals surface area contributed by atoms with E-state index in [1.807, 2.05) is 34.4 Å². The lowest BCUT2D eigenvalue weighted by Gasteiger charge is -2.35. The lowest BCUT2D eigenvalue weighted by atomic mass is 9.89. The highest BCUT2D eigenvalue weighted by atomic mass is 19.1. The minimum Gasteiger partial charge on any atom is -0.461 e. The van der Waals surface area contributed by atoms with Crippen molar-refractivity contribution in [3.8, 4) is 29.6 Å². The molecule has 81 heavy (non-hydrogen) atoms. The first-order chi connectivity index (χ1) is 39.4. The number of nitrogens with one attached hydrogen (secondary N) is 1. The van der Waals surface area contributed by atoms with Crippen molar-refractivity contribution in [3.05, 3.63) is 94.1 Å². The third-order valence-electron chi connectivity index (χ3n) is 18.8. The molecule has 7 aromatic rings. The molecule has 7 aliphatic rings. The molecule has 0 aliphatic carbocycles. The number of hydrogen-bond acceptors (Lipinski definition) is 14. The number of pyridine rings is 1. The van der Waals surface area contributed by atoms with Crippen LogP contribution in [-0.2, 0) is 52.5 Å². The number of nitrogens with zero attached hydrogens (tertiary/aromatic N) is 11. The van der Waals surface area contributed by atoms with Crippen molar-refractivity contribution in [2.45, 2.75) is 113 Å². The van der Waals surface area contributed by atoms with Gasteiger partial charge in [0.05, 0.1) is 64.2 Å². The maximum Gasteiger partial charge on any atom is 0.410 e. The molecule has 3 aromatic carbocycles. The molecule has 0 spiro atoms. The first kappa shape index (κ1) is 51.4. The number of anilines is 2. The fourth-order valence-corrected chi connectivity index (χ4v) is 14.6. The van der Waals surface area contributed by atoms with Gasteiger partial charge in [-0.2, -0.15) is 20.2 Å². The number of halogens is 2. The lowest BCUT2D eigenvalue weighted by Crippen LogP contribution is -2.48. The van der Waals surface area contributed by atoms with Crippen molar-refractivity contribution in [1.29, 1.82) is 0 Å². The molecule has 18 nitrogen and oxygen atoms in total. The maximum atomic E-state index is 17.5. The van der Waals surface area contributed by atoms with Gasteiger partial charge in [-0.05, 0) is 100 Å². The number of amides is 3. The molecule has 7 aliphatic heterocycles. The SMILES string of the molecule is C#Cc1c(F)ccc2cccc(-c3nc4c5c(nc(OC[C@@]67CCCN6[C@H](COC(=O)N6CCc8c(c(C9CCN(c%10ccc%11c(C%12CCC(=O)NC%12=O)nn(C)c%11c%10)CC9)nn8C)C6)CC7)nc5c3F)N3CCCOC[C@@H]3CC4)c12. The number of piperidine rings is 2. The number of aryl methyl sites for hydroxylation is 3. The fraction of sp³-hybridized carbons (Fsp3) is 0.475. The van der Waals surface area contributed by atoms with E-state index in [1.54, 1.807) is 18.2 Å². The molecule has 4 atom stereocenters. The highest BCUT2D eigenvalue weighted by molar-refractivity contribution is 6.04. The number of hydrogen-bond donors (Lipinski definition) is 1. The molecule has 3 amide bonds. The van der Waals surface area contributed by atoms with Gasteiger partial charge in [-0.15, -0.1) is 6.42 Å². The van der Waals surface area contributed by atoms with E-state index in [9.17, 15) is 14.4 Å². The number of ether oxygens (including phenoxy) is 3. The Morgan fingerprint density at radius 2 is 1.75 bits per heavy atom. The summed E-state index contributed by atoms with van der Waals surface area (Å²) in [6.45, 7) is 5.81. The molecule has 1 N–H and O–H groups in total. The van der Waals surface area contributed by atoms with Crippen molar-refractivity contribution in [2.24, 2.45) is 14.1 Å². The average molecular weight is 1100 g/mol. The van der Waals surface area contributed by atoms with Gasteiger partial charge in [-0.1, -0.05) is 30.2 Å². The molecule has 0 radical (unpaired) electrons. The molecule has 418 valence electrons. The van der Waals surface area contributed by atoms with Gasteiger partial charge in [0.1, 0.15) is 36.1 Å². The van der Waals surface area contributed by atoms with Crippen LogP contribution in [0.1, 0.15) is 110 Å². The van der Waals surface area contributed by atoms with Gasteiger partial charge in [-0.3, -0.25) is 29.2 Å². The highest BCUT2D eigenvalue weighted by Crippen LogP contribution is 2.45. The average Bonchev–Trinajstić information content (AvgIpc) is 4.19. The summed E-state index contributed by atoms with van der Waals surface area (Å²) in [5.41, 5.74) is 7.01. The van der Waals surface area contributed by atoms with Crippen LogP contribution >= 0.6 is 0 Å². The first-order valence-corrected chi connectivity index (χ1v) is 28.8. The Labute approximate surface area is 467 Å². The Balaban J connectivity index is 0.653. The number of aromatic nitrogens is 7. The predicted octanol–water partition coefficient (Wildman–Crippen LogP) is 7.74. The maximum absolute atomic E-state index is 17.5. The van der Waals surface area contributed by atoms with Gasteiger partial charge in [0.15, 0.2) is 5.82 Å². The van der Waals surface area contributed by atoms with E-state index in [1.165, 1.54) is 11.8 Å². The van der Waals surface area contributed by atoms with Crippen LogP contribution in [0.2, 0.25) is 0 Å². The molecular formula is C61H64F2N12O6. The van der Waals surface area contributed by atoms with E-state index in [0.717, 1.165) is 92.4 Å². The van der Waals surface area contributed by atoms with Crippen molar-refractivity contribution in [2.75, 3.05) is 69.0 Å². The third kappa shape index (κ3) is 8.80. The van der Waals surface area contributed by atoms with Crippen LogP contribution in [0, 0.1) is 24.0 Å². The zero-order valence-corrected chi connectivity index (χ0v) is 45.7. The summed E-state index contributed by atoms with van der Waals surface area (Å²) >= 11 is 0. The Bertz CT molecular complexity index is 3770. The minimum atomic E-state index is -0.650. The standard InChI is InChI=1S/C61H64F2N12O6/c1-4-40-45(62)15-10-35-8-5-9-42(50(35)40)55-52(63)56-51-46(64-55)16-12-38-32-79-29-7-24-74(38)57(51)67-59(66-56)81-34-61-22-6-25-75(61)39(18-23-61)33-80-60(78)73-28-21-47-44(31-73)53(68-70(47)2)36-19-26-72(27-20-36)37-11-13-41-48(30-37)71(3)69-54(41)43-14-17-49(76)65-58(43)77/h1,5,8-11,13,15,30,36,38-39,43H,6-7,12,14,16-29,31-34H2,2-3H3,(H,65,76,77)/t38-,39-,43?,61-/m0/s1. The first-order valence-electron chi connectivity index (χ1n) is 28.8. The predicted molar refractivity (Wildman–Crippen MR) is 299 cm³/mol. The number of carbonyl (C=O) groups excluding carboxylic acids is 3. The zero-order valence-electron chi connectivity index (χ0n) is 45.7. The van der Waals surface area contributed by atoms with Crippen LogP contribution < -0.4 is 19.9 Å². The lowest BCUT2D eigenvalue weighted by molar-refractivity contribution is -0.134. The number of rotatable bonds is 9. The summed E-state index contributed by atoms with van der Waals surface area (Å²) in [5.74, 6) is 1.12. The summed E-state index contributed by atoms with van der Waals surface area (Å²) in [5, 5.41) is 14.9. The van der Waals surface area contributed by atoms with Crippen molar-refractivity contribution in [1.82, 2.24) is 49.6 Å². The van der Waals surface area contributed by atoms with Gasteiger partial charge >= 0.3 is 12.1 Å². The van der Waals surface area contributed by atoms with Crippen LogP contribution in [0.25, 0.3) is 43.8 Å². The minimum absolute atomic E-state index is 0.00218. The van der Waals surface area contributed by atoms with Gasteiger partial charge < -0.3 is 28.9 Å². The zero-order chi connectivity index (χ0) is 55.3. The molecule has 20 heteroatoms. The summed E-state index contributed by atoms with van der Waals surface area (Å²) in [6.07, 6.45) is 14.3. The van der Waals surface area contributed by atoms with E-state index in [-0.39, 0.29) is 77.4 Å². The number of carbonyl (C=O) groups is 3. The van der Waals surface area contributed by atoms with Gasteiger partial charge in [0, 0.05) is 105 Å². The van der Waals surface area contributed by atoms with Crippen LogP contribution in [0.15, 0.2) is 48.5 Å². The van der Waals surface area contributed by atoms with E-state index >= 15 is 8.78 Å².